The Kier molecular flexibility index (Phi) is 3.42. The molecule has 6 heteroatoms. The first kappa shape index (κ1) is 14.9. The zero-order chi connectivity index (χ0) is 16.0. The fourth-order valence-corrected chi connectivity index (χ4v) is 3.37. The summed E-state index contributed by atoms with van der Waals surface area (Å²) in [6.07, 6.45) is 1.80. The van der Waals surface area contributed by atoms with Gasteiger partial charge in [0, 0.05) is 13.0 Å². The predicted octanol–water partition coefficient (Wildman–Crippen LogP) is 2.27. The van der Waals surface area contributed by atoms with E-state index < -0.39 is 29.4 Å². The number of benzene rings is 1. The number of amides is 1. The van der Waals surface area contributed by atoms with Gasteiger partial charge in [0.05, 0.1) is 12.0 Å². The summed E-state index contributed by atoms with van der Waals surface area (Å²) in [5.74, 6) is -2.23. The highest BCUT2D eigenvalue weighted by Gasteiger charge is 2.53. The van der Waals surface area contributed by atoms with Crippen molar-refractivity contribution < 1.29 is 23.5 Å². The molecule has 1 atom stereocenters. The van der Waals surface area contributed by atoms with Gasteiger partial charge in [-0.25, -0.2) is 13.6 Å². The summed E-state index contributed by atoms with van der Waals surface area (Å²) in [6, 6.07) is 5.91. The number of carboxylic acids is 1. The van der Waals surface area contributed by atoms with Crippen LogP contribution >= 0.6 is 0 Å². The average Bonchev–Trinajstić information content (AvgIpc) is 2.82. The third-order valence-corrected chi connectivity index (χ3v) is 4.88. The highest BCUT2D eigenvalue weighted by atomic mass is 19.1. The zero-order valence-corrected chi connectivity index (χ0v) is 12.0. The van der Waals surface area contributed by atoms with Crippen molar-refractivity contribution in [2.75, 3.05) is 13.1 Å². The highest BCUT2D eigenvalue weighted by Crippen LogP contribution is 2.46. The molecule has 3 rings (SSSR count). The summed E-state index contributed by atoms with van der Waals surface area (Å²) in [5, 5.41) is 8.94. The lowest BCUT2D eigenvalue weighted by Gasteiger charge is -2.43. The van der Waals surface area contributed by atoms with Gasteiger partial charge in [-0.15, -0.1) is 0 Å². The van der Waals surface area contributed by atoms with Crippen molar-refractivity contribution >= 4 is 11.9 Å². The zero-order valence-electron chi connectivity index (χ0n) is 12.0. The molecule has 1 N–H and O–H groups in total. The molecule has 0 aromatic heterocycles. The second kappa shape index (κ2) is 5.04. The molecule has 22 heavy (non-hydrogen) atoms. The van der Waals surface area contributed by atoms with Crippen molar-refractivity contribution in [2.24, 2.45) is 0 Å². The number of likely N-dealkylation sites (tertiary alicyclic amines) is 1. The number of carbonyl (C=O) groups excluding carboxylic acids is 1. The molecule has 0 bridgehead atoms. The Morgan fingerprint density at radius 3 is 2.45 bits per heavy atom. The topological polar surface area (TPSA) is 57.6 Å². The Hall–Kier alpha value is -1.98. The molecule has 1 amide bonds. The van der Waals surface area contributed by atoms with Gasteiger partial charge < -0.3 is 10.0 Å². The molecule has 1 unspecified atom stereocenters. The van der Waals surface area contributed by atoms with Crippen LogP contribution in [0.25, 0.3) is 0 Å². The summed E-state index contributed by atoms with van der Waals surface area (Å²) in [5.41, 5.74) is -2.61. The van der Waals surface area contributed by atoms with Crippen molar-refractivity contribution in [1.29, 1.82) is 0 Å². The van der Waals surface area contributed by atoms with E-state index in [1.165, 1.54) is 17.0 Å². The summed E-state index contributed by atoms with van der Waals surface area (Å²) >= 11 is 0. The van der Waals surface area contributed by atoms with Crippen LogP contribution in [-0.4, -0.2) is 40.6 Å². The van der Waals surface area contributed by atoms with Crippen molar-refractivity contribution in [1.82, 2.24) is 4.90 Å². The molecule has 0 radical (unpaired) electrons. The molecule has 118 valence electrons. The fourth-order valence-electron chi connectivity index (χ4n) is 3.37. The van der Waals surface area contributed by atoms with Crippen molar-refractivity contribution in [3.8, 4) is 0 Å². The SMILES string of the molecule is O=C(O)C1(F)CCN(C(=O)C2(c3cccc(F)c3)CCC2)C1. The van der Waals surface area contributed by atoms with Gasteiger partial charge in [0.2, 0.25) is 11.6 Å². The van der Waals surface area contributed by atoms with Crippen molar-refractivity contribution in [3.05, 3.63) is 35.6 Å². The molecule has 1 saturated carbocycles. The highest BCUT2D eigenvalue weighted by molar-refractivity contribution is 5.91. The van der Waals surface area contributed by atoms with Crippen LogP contribution in [0.15, 0.2) is 24.3 Å². The number of carbonyl (C=O) groups is 2. The third kappa shape index (κ3) is 2.17. The van der Waals surface area contributed by atoms with Crippen LogP contribution in [0.2, 0.25) is 0 Å². The molecule has 4 nitrogen and oxygen atoms in total. The van der Waals surface area contributed by atoms with Gasteiger partial charge in [0.1, 0.15) is 5.82 Å². The Balaban J connectivity index is 1.86. The van der Waals surface area contributed by atoms with Crippen LogP contribution in [-0.2, 0) is 15.0 Å². The number of aliphatic carboxylic acids is 1. The number of hydrogen-bond donors (Lipinski definition) is 1. The van der Waals surface area contributed by atoms with Crippen LogP contribution in [0.1, 0.15) is 31.2 Å². The van der Waals surface area contributed by atoms with Gasteiger partial charge in [-0.1, -0.05) is 18.6 Å². The Morgan fingerprint density at radius 2 is 1.95 bits per heavy atom. The monoisotopic (exact) mass is 309 g/mol. The molecule has 0 spiro atoms. The molecule has 1 saturated heterocycles. The number of alkyl halides is 1. The largest absolute Gasteiger partial charge is 0.479 e. The van der Waals surface area contributed by atoms with Gasteiger partial charge in [0.25, 0.3) is 0 Å². The lowest BCUT2D eigenvalue weighted by atomic mass is 9.63. The van der Waals surface area contributed by atoms with Crippen molar-refractivity contribution in [3.63, 3.8) is 0 Å². The Morgan fingerprint density at radius 1 is 1.23 bits per heavy atom. The number of hydrogen-bond acceptors (Lipinski definition) is 2. The number of halogens is 2. The van der Waals surface area contributed by atoms with Gasteiger partial charge in [-0.05, 0) is 30.5 Å². The van der Waals surface area contributed by atoms with E-state index in [1.807, 2.05) is 0 Å². The van der Waals surface area contributed by atoms with E-state index in [9.17, 15) is 18.4 Å². The molecular formula is C16H17F2NO3. The number of nitrogens with zero attached hydrogens (tertiary/aromatic N) is 1. The van der Waals surface area contributed by atoms with E-state index in [0.29, 0.717) is 18.4 Å². The van der Waals surface area contributed by atoms with Crippen LogP contribution < -0.4 is 0 Å². The summed E-state index contributed by atoms with van der Waals surface area (Å²) < 4.78 is 27.6. The lowest BCUT2D eigenvalue weighted by Crippen LogP contribution is -2.51. The van der Waals surface area contributed by atoms with E-state index >= 15 is 0 Å². The van der Waals surface area contributed by atoms with Gasteiger partial charge in [-0.2, -0.15) is 0 Å². The van der Waals surface area contributed by atoms with Crippen LogP contribution in [0, 0.1) is 5.82 Å². The predicted molar refractivity (Wildman–Crippen MR) is 74.6 cm³/mol. The second-order valence-corrected chi connectivity index (χ2v) is 6.19. The van der Waals surface area contributed by atoms with Crippen LogP contribution in [0.4, 0.5) is 8.78 Å². The first-order valence-corrected chi connectivity index (χ1v) is 7.35. The minimum absolute atomic E-state index is 0.0820. The van der Waals surface area contributed by atoms with E-state index in [-0.39, 0.29) is 18.9 Å². The minimum Gasteiger partial charge on any atom is -0.479 e. The lowest BCUT2D eigenvalue weighted by molar-refractivity contribution is -0.151. The first-order chi connectivity index (χ1) is 10.4. The number of carboxylic acid groups (broad SMARTS) is 1. The smallest absolute Gasteiger partial charge is 0.343 e. The minimum atomic E-state index is -2.37. The molecular weight excluding hydrogens is 292 g/mol. The molecule has 1 aromatic rings. The summed E-state index contributed by atoms with van der Waals surface area (Å²) in [6.45, 7) is -0.350. The quantitative estimate of drug-likeness (QED) is 0.932. The molecule has 2 fully saturated rings. The number of rotatable bonds is 3. The molecule has 1 aliphatic heterocycles. The van der Waals surface area contributed by atoms with Gasteiger partial charge >= 0.3 is 5.97 Å². The molecule has 1 aliphatic carbocycles. The molecule has 2 aliphatic rings. The van der Waals surface area contributed by atoms with Crippen LogP contribution in [0.5, 0.6) is 0 Å². The maximum absolute atomic E-state index is 14.2. The fraction of sp³-hybridized carbons (Fsp3) is 0.500. The maximum Gasteiger partial charge on any atom is 0.343 e. The van der Waals surface area contributed by atoms with E-state index in [4.69, 9.17) is 5.11 Å². The van der Waals surface area contributed by atoms with E-state index in [2.05, 4.69) is 0 Å². The average molecular weight is 309 g/mol. The standard InChI is InChI=1S/C16H17F2NO3/c17-12-4-1-3-11(9-12)15(5-2-6-15)13(20)19-8-7-16(18,10-19)14(21)22/h1,3-4,9H,2,5-8,10H2,(H,21,22). The summed E-state index contributed by atoms with van der Waals surface area (Å²) in [4.78, 5) is 25.1. The normalized spacial score (nSPS) is 26.5. The van der Waals surface area contributed by atoms with Crippen molar-refractivity contribution in [2.45, 2.75) is 36.8 Å². The maximum atomic E-state index is 14.2. The van der Waals surface area contributed by atoms with Gasteiger partial charge in [0.15, 0.2) is 0 Å². The Labute approximate surface area is 126 Å². The second-order valence-electron chi connectivity index (χ2n) is 6.19. The van der Waals surface area contributed by atoms with Gasteiger partial charge in [-0.3, -0.25) is 4.79 Å². The Bertz CT molecular complexity index is 630. The molecule has 1 aromatic carbocycles. The molecule has 1 heterocycles. The van der Waals surface area contributed by atoms with E-state index in [0.717, 1.165) is 6.42 Å². The summed E-state index contributed by atoms with van der Waals surface area (Å²) in [7, 11) is 0. The first-order valence-electron chi connectivity index (χ1n) is 7.35. The van der Waals surface area contributed by atoms with Crippen LogP contribution in [0.3, 0.4) is 0 Å². The third-order valence-electron chi connectivity index (χ3n) is 4.88. The van der Waals surface area contributed by atoms with E-state index in [1.54, 1.807) is 12.1 Å².